The number of carboxylic acids is 1. The van der Waals surface area contributed by atoms with E-state index in [1.807, 2.05) is 12.1 Å². The molecule has 0 amide bonds. The van der Waals surface area contributed by atoms with E-state index in [9.17, 15) is 9.59 Å². The van der Waals surface area contributed by atoms with Crippen LogP contribution < -0.4 is 0 Å². The molecule has 0 radical (unpaired) electrons. The van der Waals surface area contributed by atoms with Crippen molar-refractivity contribution in [3.63, 3.8) is 0 Å². The lowest BCUT2D eigenvalue weighted by atomic mass is 10.0. The molecule has 0 atom stereocenters. The first-order valence-electron chi connectivity index (χ1n) is 5.06. The summed E-state index contributed by atoms with van der Waals surface area (Å²) in [6.45, 7) is 4.14. The maximum absolute atomic E-state index is 11.5. The molecule has 0 saturated carbocycles. The van der Waals surface area contributed by atoms with Crippen LogP contribution in [0.3, 0.4) is 0 Å². The van der Waals surface area contributed by atoms with Crippen molar-refractivity contribution in [3.05, 3.63) is 47.5 Å². The van der Waals surface area contributed by atoms with E-state index in [4.69, 9.17) is 5.11 Å². The zero-order valence-electron chi connectivity index (χ0n) is 9.31. The van der Waals surface area contributed by atoms with Gasteiger partial charge in [0.1, 0.15) is 0 Å². The molecule has 0 spiro atoms. The van der Waals surface area contributed by atoms with Crippen LogP contribution in [0.4, 0.5) is 0 Å². The van der Waals surface area contributed by atoms with Crippen molar-refractivity contribution in [3.8, 4) is 0 Å². The SMILES string of the molecule is CC(C)c1ccc(C(=O)/C=C\C(=O)O)cc1. The third-order valence-electron chi connectivity index (χ3n) is 2.24. The number of carboxylic acid groups (broad SMARTS) is 1. The first-order valence-corrected chi connectivity index (χ1v) is 5.06. The number of allylic oxidation sites excluding steroid dienone is 1. The maximum Gasteiger partial charge on any atom is 0.328 e. The predicted octanol–water partition coefficient (Wildman–Crippen LogP) is 2.63. The van der Waals surface area contributed by atoms with Gasteiger partial charge in [0.2, 0.25) is 0 Å². The highest BCUT2D eigenvalue weighted by molar-refractivity contribution is 6.06. The van der Waals surface area contributed by atoms with Crippen molar-refractivity contribution in [2.24, 2.45) is 0 Å². The summed E-state index contributed by atoms with van der Waals surface area (Å²) >= 11 is 0. The Labute approximate surface area is 94.4 Å². The summed E-state index contributed by atoms with van der Waals surface area (Å²) in [6.07, 6.45) is 1.91. The number of carbonyl (C=O) groups excluding carboxylic acids is 1. The third kappa shape index (κ3) is 3.35. The normalized spacial score (nSPS) is 10.9. The molecule has 0 bridgehead atoms. The Morgan fingerprint density at radius 2 is 1.69 bits per heavy atom. The van der Waals surface area contributed by atoms with E-state index in [1.54, 1.807) is 12.1 Å². The standard InChI is InChI=1S/C13H14O3/c1-9(2)10-3-5-11(6-4-10)12(14)7-8-13(15)16/h3-9H,1-2H3,(H,15,16)/b8-7-. The lowest BCUT2D eigenvalue weighted by molar-refractivity contribution is -0.131. The second-order valence-corrected chi connectivity index (χ2v) is 3.81. The van der Waals surface area contributed by atoms with Crippen molar-refractivity contribution in [2.45, 2.75) is 19.8 Å². The minimum atomic E-state index is -1.12. The molecule has 0 saturated heterocycles. The van der Waals surface area contributed by atoms with Gasteiger partial charge in [0, 0.05) is 11.6 Å². The first-order chi connectivity index (χ1) is 7.50. The molecule has 3 heteroatoms. The molecule has 84 valence electrons. The van der Waals surface area contributed by atoms with Gasteiger partial charge < -0.3 is 5.11 Å². The summed E-state index contributed by atoms with van der Waals surface area (Å²) in [5.41, 5.74) is 1.65. The molecule has 0 aromatic heterocycles. The summed E-state index contributed by atoms with van der Waals surface area (Å²) in [5, 5.41) is 8.39. The van der Waals surface area contributed by atoms with Crippen molar-refractivity contribution in [1.82, 2.24) is 0 Å². The molecule has 0 aliphatic rings. The number of hydrogen-bond donors (Lipinski definition) is 1. The Morgan fingerprint density at radius 1 is 1.12 bits per heavy atom. The van der Waals surface area contributed by atoms with Crippen LogP contribution in [-0.2, 0) is 4.79 Å². The largest absolute Gasteiger partial charge is 0.478 e. The van der Waals surface area contributed by atoms with Crippen LogP contribution in [0.5, 0.6) is 0 Å². The molecule has 0 fully saturated rings. The van der Waals surface area contributed by atoms with Crippen molar-refractivity contribution < 1.29 is 14.7 Å². The molecular formula is C13H14O3. The Hall–Kier alpha value is -1.90. The van der Waals surface area contributed by atoms with Crippen LogP contribution in [0, 0.1) is 0 Å². The molecule has 1 N–H and O–H groups in total. The first kappa shape index (κ1) is 12.2. The fourth-order valence-electron chi connectivity index (χ4n) is 1.28. The molecule has 1 aromatic carbocycles. The molecular weight excluding hydrogens is 204 g/mol. The van der Waals surface area contributed by atoms with Gasteiger partial charge in [-0.25, -0.2) is 4.79 Å². The number of aliphatic carboxylic acids is 1. The van der Waals surface area contributed by atoms with Crippen molar-refractivity contribution >= 4 is 11.8 Å². The fraction of sp³-hybridized carbons (Fsp3) is 0.231. The highest BCUT2D eigenvalue weighted by Gasteiger charge is 2.03. The van der Waals surface area contributed by atoms with Gasteiger partial charge >= 0.3 is 5.97 Å². The molecule has 16 heavy (non-hydrogen) atoms. The maximum atomic E-state index is 11.5. The van der Waals surface area contributed by atoms with Crippen LogP contribution in [-0.4, -0.2) is 16.9 Å². The van der Waals surface area contributed by atoms with Gasteiger partial charge in [-0.2, -0.15) is 0 Å². The molecule has 0 unspecified atom stereocenters. The van der Waals surface area contributed by atoms with Gasteiger partial charge in [-0.3, -0.25) is 4.79 Å². The van der Waals surface area contributed by atoms with Gasteiger partial charge in [0.25, 0.3) is 0 Å². The molecule has 1 rings (SSSR count). The average molecular weight is 218 g/mol. The zero-order chi connectivity index (χ0) is 12.1. The van der Waals surface area contributed by atoms with Crippen LogP contribution in [0.2, 0.25) is 0 Å². The predicted molar refractivity (Wildman–Crippen MR) is 61.6 cm³/mol. The molecule has 0 aliphatic carbocycles. The van der Waals surface area contributed by atoms with Crippen LogP contribution in [0.25, 0.3) is 0 Å². The summed E-state index contributed by atoms with van der Waals surface area (Å²) in [5.74, 6) is -0.997. The van der Waals surface area contributed by atoms with E-state index >= 15 is 0 Å². The summed E-state index contributed by atoms with van der Waals surface area (Å²) in [6, 6.07) is 7.19. The summed E-state index contributed by atoms with van der Waals surface area (Å²) in [4.78, 5) is 21.7. The molecule has 3 nitrogen and oxygen atoms in total. The Bertz CT molecular complexity index is 413. The molecule has 0 heterocycles. The number of carbonyl (C=O) groups is 2. The van der Waals surface area contributed by atoms with Gasteiger partial charge in [-0.1, -0.05) is 38.1 Å². The second kappa shape index (κ2) is 5.26. The number of ketones is 1. The minimum Gasteiger partial charge on any atom is -0.478 e. The summed E-state index contributed by atoms with van der Waals surface area (Å²) < 4.78 is 0. The highest BCUT2D eigenvalue weighted by atomic mass is 16.4. The zero-order valence-corrected chi connectivity index (χ0v) is 9.31. The topological polar surface area (TPSA) is 54.4 Å². The van der Waals surface area contributed by atoms with E-state index in [0.29, 0.717) is 11.5 Å². The van der Waals surface area contributed by atoms with Crippen LogP contribution in [0.1, 0.15) is 35.7 Å². The van der Waals surface area contributed by atoms with Crippen molar-refractivity contribution in [1.29, 1.82) is 0 Å². The van der Waals surface area contributed by atoms with E-state index < -0.39 is 5.97 Å². The number of benzene rings is 1. The summed E-state index contributed by atoms with van der Waals surface area (Å²) in [7, 11) is 0. The number of rotatable bonds is 4. The molecule has 0 aliphatic heterocycles. The van der Waals surface area contributed by atoms with Crippen molar-refractivity contribution in [2.75, 3.05) is 0 Å². The highest BCUT2D eigenvalue weighted by Crippen LogP contribution is 2.15. The van der Waals surface area contributed by atoms with E-state index in [-0.39, 0.29) is 5.78 Å². The Morgan fingerprint density at radius 3 is 2.12 bits per heavy atom. The van der Waals surface area contributed by atoms with E-state index in [2.05, 4.69) is 13.8 Å². The van der Waals surface area contributed by atoms with Gasteiger partial charge in [0.05, 0.1) is 0 Å². The number of hydrogen-bond acceptors (Lipinski definition) is 2. The second-order valence-electron chi connectivity index (χ2n) is 3.81. The third-order valence-corrected chi connectivity index (χ3v) is 2.24. The van der Waals surface area contributed by atoms with Gasteiger partial charge in [-0.15, -0.1) is 0 Å². The monoisotopic (exact) mass is 218 g/mol. The lowest BCUT2D eigenvalue weighted by Gasteiger charge is -2.04. The smallest absolute Gasteiger partial charge is 0.328 e. The van der Waals surface area contributed by atoms with Gasteiger partial charge in [-0.05, 0) is 17.6 Å². The Kier molecular flexibility index (Phi) is 4.00. The van der Waals surface area contributed by atoms with Gasteiger partial charge in [0.15, 0.2) is 5.78 Å². The van der Waals surface area contributed by atoms with E-state index in [1.165, 1.54) is 0 Å². The quantitative estimate of drug-likeness (QED) is 0.624. The minimum absolute atomic E-state index is 0.294. The molecule has 1 aromatic rings. The lowest BCUT2D eigenvalue weighted by Crippen LogP contribution is -1.97. The van der Waals surface area contributed by atoms with E-state index in [0.717, 1.165) is 17.7 Å². The fourth-order valence-corrected chi connectivity index (χ4v) is 1.28. The van der Waals surface area contributed by atoms with Crippen LogP contribution in [0.15, 0.2) is 36.4 Å². The average Bonchev–Trinajstić information content (AvgIpc) is 2.26. The van der Waals surface area contributed by atoms with Crippen LogP contribution >= 0.6 is 0 Å². The Balaban J connectivity index is 2.82.